The number of nitrogens with zero attached hydrogens (tertiary/aromatic N) is 6. The van der Waals surface area contributed by atoms with Gasteiger partial charge in [-0.15, -0.1) is 31.8 Å². The Bertz CT molecular complexity index is 1460. The zero-order chi connectivity index (χ0) is 23.1. The second-order valence-electron chi connectivity index (χ2n) is 7.47. The van der Waals surface area contributed by atoms with Gasteiger partial charge in [-0.25, -0.2) is 4.98 Å². The number of hydrazine groups is 2. The Morgan fingerprint density at radius 3 is 2.50 bits per heavy atom. The summed E-state index contributed by atoms with van der Waals surface area (Å²) >= 11 is 1.54. The van der Waals surface area contributed by atoms with E-state index in [4.69, 9.17) is 4.98 Å². The van der Waals surface area contributed by atoms with E-state index in [1.807, 2.05) is 66.1 Å². The molecule has 2 aromatic rings. The minimum absolute atomic E-state index is 0.184. The number of anilines is 2. The first kappa shape index (κ1) is 19.9. The number of rotatable bonds is 4. The summed E-state index contributed by atoms with van der Waals surface area (Å²) in [7, 11) is 0. The van der Waals surface area contributed by atoms with E-state index < -0.39 is 11.8 Å². The van der Waals surface area contributed by atoms with Crippen LogP contribution in [0.15, 0.2) is 93.5 Å². The number of amidine groups is 1. The lowest BCUT2D eigenvalue weighted by Gasteiger charge is -2.26. The van der Waals surface area contributed by atoms with Crippen molar-refractivity contribution in [1.82, 2.24) is 10.4 Å². The van der Waals surface area contributed by atoms with Crippen LogP contribution in [0.1, 0.15) is 26.3 Å². The number of amides is 2. The average Bonchev–Trinajstić information content (AvgIpc) is 3.50. The molecule has 0 saturated heterocycles. The van der Waals surface area contributed by atoms with Gasteiger partial charge in [-0.05, 0) is 41.3 Å². The fourth-order valence-corrected chi connectivity index (χ4v) is 4.35. The number of fused-ring (bicyclic) bond motifs is 2. The summed E-state index contributed by atoms with van der Waals surface area (Å²) in [5, 5.41) is 17.7. The third-order valence-electron chi connectivity index (χ3n) is 5.27. The van der Waals surface area contributed by atoms with Gasteiger partial charge >= 0.3 is 0 Å². The van der Waals surface area contributed by atoms with Crippen LogP contribution in [0.4, 0.5) is 11.5 Å². The Balaban J connectivity index is 1.41. The molecule has 0 radical (unpaired) electrons. The summed E-state index contributed by atoms with van der Waals surface area (Å²) in [6.45, 7) is 0. The highest BCUT2D eigenvalue weighted by atomic mass is 32.1. The molecule has 0 aromatic heterocycles. The Kier molecular flexibility index (Phi) is 4.70. The number of hydrogen-bond donors (Lipinski definition) is 1. The highest BCUT2D eigenvalue weighted by Crippen LogP contribution is 2.33. The number of nitrogens with one attached hydrogen (secondary N) is 1. The van der Waals surface area contributed by atoms with Crippen LogP contribution in [0.5, 0.6) is 0 Å². The highest BCUT2D eigenvalue weighted by molar-refractivity contribution is 7.12. The molecular weight excluding hydrogens is 450 g/mol. The molecule has 0 atom stereocenters. The van der Waals surface area contributed by atoms with Gasteiger partial charge in [-0.1, -0.05) is 48.5 Å². The molecule has 0 spiro atoms. The summed E-state index contributed by atoms with van der Waals surface area (Å²) < 4.78 is 0. The molecule has 6 rings (SSSR count). The van der Waals surface area contributed by atoms with Gasteiger partial charge in [-0.3, -0.25) is 15.0 Å². The molecule has 4 heterocycles. The van der Waals surface area contributed by atoms with Crippen LogP contribution < -0.4 is 15.7 Å². The van der Waals surface area contributed by atoms with E-state index in [9.17, 15) is 9.59 Å². The predicted molar refractivity (Wildman–Crippen MR) is 130 cm³/mol. The molecule has 1 N–H and O–H groups in total. The van der Waals surface area contributed by atoms with Crippen LogP contribution in [0.25, 0.3) is 16.6 Å². The van der Waals surface area contributed by atoms with Crippen LogP contribution in [0.2, 0.25) is 0 Å². The molecule has 0 unspecified atom stereocenters. The number of benzene rings is 2. The van der Waals surface area contributed by atoms with E-state index in [0.717, 1.165) is 16.1 Å². The number of carbonyl (C=O) groups is 2. The third kappa shape index (κ3) is 3.51. The van der Waals surface area contributed by atoms with Gasteiger partial charge in [0.05, 0.1) is 16.8 Å². The molecule has 9 nitrogen and oxygen atoms in total. The number of aromatic nitrogens is 1. The summed E-state index contributed by atoms with van der Waals surface area (Å²) in [6, 6.07) is 20.6. The fourth-order valence-electron chi connectivity index (χ4n) is 3.65. The Morgan fingerprint density at radius 1 is 0.853 bits per heavy atom. The van der Waals surface area contributed by atoms with Crippen molar-refractivity contribution in [3.05, 3.63) is 94.9 Å². The van der Waals surface area contributed by atoms with Crippen LogP contribution in [0, 0.1) is 0 Å². The minimum atomic E-state index is -0.567. The maximum Gasteiger partial charge on any atom is 0.296 e. The summed E-state index contributed by atoms with van der Waals surface area (Å²) in [6.07, 6.45) is 3.80. The lowest BCUT2D eigenvalue weighted by Crippen LogP contribution is -2.44. The first-order chi connectivity index (χ1) is 16.7. The van der Waals surface area contributed by atoms with Gasteiger partial charge in [0.2, 0.25) is 0 Å². The van der Waals surface area contributed by atoms with E-state index in [1.165, 1.54) is 0 Å². The number of hydrogen-bond acceptors (Lipinski definition) is 8. The molecule has 0 fully saturated rings. The first-order valence-electron chi connectivity index (χ1n) is 10.3. The van der Waals surface area contributed by atoms with Crippen molar-refractivity contribution in [2.45, 2.75) is 0 Å². The van der Waals surface area contributed by atoms with E-state index in [1.54, 1.807) is 39.8 Å². The van der Waals surface area contributed by atoms with Gasteiger partial charge < -0.3 is 0 Å². The van der Waals surface area contributed by atoms with Gasteiger partial charge in [0.1, 0.15) is 5.01 Å². The molecule has 2 amide bonds. The predicted octanol–water partition coefficient (Wildman–Crippen LogP) is 4.77. The quantitative estimate of drug-likeness (QED) is 0.466. The van der Waals surface area contributed by atoms with Crippen molar-refractivity contribution in [1.29, 1.82) is 0 Å². The summed E-state index contributed by atoms with van der Waals surface area (Å²) in [5.74, 6) is 0.0869. The summed E-state index contributed by atoms with van der Waals surface area (Å²) in [5.41, 5.74) is 6.25. The zero-order valence-electron chi connectivity index (χ0n) is 17.5. The standard InChI is InChI=1S/C24H15N7O2S/c32-22-18-10-9-17(14-19(18)23(33)27-26-22)30-28-20(11-8-15-5-2-1-3-6-15)29-31(30)21-13-16-7-4-12-34-24(16)25-21/h1-14H,(H,28,29)/b11-8-. The highest BCUT2D eigenvalue weighted by Gasteiger charge is 2.30. The van der Waals surface area contributed by atoms with E-state index in [-0.39, 0.29) is 11.1 Å². The maximum atomic E-state index is 12.3. The largest absolute Gasteiger partial charge is 0.296 e. The van der Waals surface area contributed by atoms with Gasteiger partial charge in [-0.2, -0.15) is 5.12 Å². The monoisotopic (exact) mass is 465 g/mol. The van der Waals surface area contributed by atoms with Gasteiger partial charge in [0.15, 0.2) is 11.7 Å². The molecule has 4 aliphatic heterocycles. The normalized spacial score (nSPS) is 15.2. The maximum absolute atomic E-state index is 12.3. The molecule has 164 valence electrons. The average molecular weight is 465 g/mol. The lowest BCUT2D eigenvalue weighted by molar-refractivity contribution is 0.0921. The SMILES string of the molecule is O=C1N=NC(=O)c2cc(N3N=C(/C=C\c4ccccc4)NN3c3cc4cccsc-4n3)ccc21. The van der Waals surface area contributed by atoms with Crippen LogP contribution in [0.3, 0.4) is 0 Å². The summed E-state index contributed by atoms with van der Waals surface area (Å²) in [4.78, 5) is 29.0. The van der Waals surface area contributed by atoms with Gasteiger partial charge in [0, 0.05) is 5.56 Å². The second kappa shape index (κ2) is 8.01. The Morgan fingerprint density at radius 2 is 1.68 bits per heavy atom. The Labute approximate surface area is 197 Å². The van der Waals surface area contributed by atoms with E-state index in [2.05, 4.69) is 20.8 Å². The molecule has 0 aliphatic carbocycles. The topological polar surface area (TPSA) is 103 Å². The molecule has 4 aliphatic rings. The van der Waals surface area contributed by atoms with Crippen molar-refractivity contribution in [3.63, 3.8) is 0 Å². The fraction of sp³-hybridized carbons (Fsp3) is 0. The second-order valence-corrected chi connectivity index (χ2v) is 8.36. The van der Waals surface area contributed by atoms with Crippen molar-refractivity contribution in [2.75, 3.05) is 10.2 Å². The van der Waals surface area contributed by atoms with Crippen molar-refractivity contribution in [2.24, 2.45) is 15.3 Å². The zero-order valence-corrected chi connectivity index (χ0v) is 18.3. The minimum Gasteiger partial charge on any atom is -0.265 e. The van der Waals surface area contributed by atoms with E-state index in [0.29, 0.717) is 17.3 Å². The molecule has 0 saturated carbocycles. The third-order valence-corrected chi connectivity index (χ3v) is 6.11. The van der Waals surface area contributed by atoms with Crippen LogP contribution >= 0.6 is 11.3 Å². The number of carbonyl (C=O) groups excluding carboxylic acids is 2. The molecule has 34 heavy (non-hydrogen) atoms. The first-order valence-corrected chi connectivity index (χ1v) is 11.2. The van der Waals surface area contributed by atoms with Crippen molar-refractivity contribution in [3.8, 4) is 10.6 Å². The molecule has 0 bridgehead atoms. The van der Waals surface area contributed by atoms with Crippen molar-refractivity contribution >= 4 is 46.6 Å². The molecule has 2 aromatic carbocycles. The smallest absolute Gasteiger partial charge is 0.265 e. The number of azo groups is 1. The van der Waals surface area contributed by atoms with Gasteiger partial charge in [0.25, 0.3) is 11.8 Å². The van der Waals surface area contributed by atoms with Crippen LogP contribution in [-0.2, 0) is 0 Å². The van der Waals surface area contributed by atoms with Crippen molar-refractivity contribution < 1.29 is 9.59 Å². The molecule has 10 heteroatoms. The Hall–Kier alpha value is -4.70. The van der Waals surface area contributed by atoms with Crippen LogP contribution in [-0.4, -0.2) is 22.6 Å². The molecular formula is C24H15N7O2S. The number of hydrazone groups is 1. The van der Waals surface area contributed by atoms with E-state index >= 15 is 0 Å². The lowest BCUT2D eigenvalue weighted by atomic mass is 10.0.